The molecule has 0 bridgehead atoms. The van der Waals surface area contributed by atoms with E-state index in [2.05, 4.69) is 31.0 Å². The van der Waals surface area contributed by atoms with Gasteiger partial charge >= 0.3 is 0 Å². The number of aliphatic hydroxyl groups excluding tert-OH is 1. The van der Waals surface area contributed by atoms with E-state index in [1.807, 2.05) is 0 Å². The molecule has 17 heavy (non-hydrogen) atoms. The van der Waals surface area contributed by atoms with E-state index >= 15 is 0 Å². The second-order valence-electron chi connectivity index (χ2n) is 3.89. The van der Waals surface area contributed by atoms with Gasteiger partial charge in [0.2, 0.25) is 4.73 Å². The molecule has 3 heterocycles. The average Bonchev–Trinajstić information content (AvgIpc) is 2.79. The number of aromatic nitrogens is 4. The summed E-state index contributed by atoms with van der Waals surface area (Å²) in [5.41, 5.74) is 0.681. The molecular weight excluding hydrogens is 291 g/mol. The zero-order valence-corrected chi connectivity index (χ0v) is 10.2. The molecule has 1 aliphatic heterocycles. The minimum absolute atomic E-state index is 0.220. The lowest BCUT2D eigenvalue weighted by Gasteiger charge is -2.10. The Balaban J connectivity index is 2.06. The van der Waals surface area contributed by atoms with Crippen molar-refractivity contribution in [1.29, 1.82) is 0 Å². The molecular formula is C10H8BrFN4O. The molecule has 0 spiro atoms. The highest BCUT2D eigenvalue weighted by atomic mass is 79.9. The van der Waals surface area contributed by atoms with Crippen LogP contribution in [0.1, 0.15) is 30.0 Å². The zero-order chi connectivity index (χ0) is 12.0. The molecule has 0 aromatic carbocycles. The molecule has 0 saturated heterocycles. The van der Waals surface area contributed by atoms with Crippen LogP contribution in [0.25, 0.3) is 0 Å². The minimum atomic E-state index is -0.679. The maximum Gasteiger partial charge on any atom is 0.217 e. The molecule has 2 atom stereocenters. The third-order valence-corrected chi connectivity index (χ3v) is 3.12. The third-order valence-electron chi connectivity index (χ3n) is 2.78. The van der Waals surface area contributed by atoms with Crippen molar-refractivity contribution in [1.82, 2.24) is 19.7 Å². The highest BCUT2D eigenvalue weighted by Gasteiger charge is 2.34. The van der Waals surface area contributed by atoms with Crippen molar-refractivity contribution in [2.45, 2.75) is 18.6 Å². The molecule has 2 aromatic rings. The number of rotatable bonds is 1. The molecule has 0 saturated carbocycles. The van der Waals surface area contributed by atoms with Crippen LogP contribution in [0.5, 0.6) is 0 Å². The first-order valence-electron chi connectivity index (χ1n) is 5.05. The molecule has 7 heteroatoms. The molecule has 3 rings (SSSR count). The summed E-state index contributed by atoms with van der Waals surface area (Å²) in [4.78, 5) is 7.88. The van der Waals surface area contributed by atoms with Gasteiger partial charge in [-0.15, -0.1) is 5.10 Å². The van der Waals surface area contributed by atoms with Crippen molar-refractivity contribution in [2.75, 3.05) is 0 Å². The fraction of sp³-hybridized carbons (Fsp3) is 0.300. The van der Waals surface area contributed by atoms with Gasteiger partial charge in [-0.25, -0.2) is 14.1 Å². The Morgan fingerprint density at radius 2 is 2.29 bits per heavy atom. The minimum Gasteiger partial charge on any atom is -0.385 e. The number of nitrogens with zero attached hydrogens (tertiary/aromatic N) is 4. The van der Waals surface area contributed by atoms with E-state index in [1.165, 1.54) is 6.07 Å². The van der Waals surface area contributed by atoms with Crippen LogP contribution in [0.3, 0.4) is 0 Å². The standard InChI is InChI=1S/C10H8BrFN4O/c11-10-14-9-8(17)2-7(16(9)15-10)5-1-6(12)4-13-3-5/h1,3-4,7-8,17H,2H2. The molecule has 0 amide bonds. The van der Waals surface area contributed by atoms with Crippen LogP contribution in [0, 0.1) is 5.82 Å². The van der Waals surface area contributed by atoms with E-state index in [4.69, 9.17) is 0 Å². The number of fused-ring (bicyclic) bond motifs is 1. The number of halogens is 2. The smallest absolute Gasteiger partial charge is 0.217 e. The highest BCUT2D eigenvalue weighted by Crippen LogP contribution is 2.37. The van der Waals surface area contributed by atoms with Crippen LogP contribution < -0.4 is 0 Å². The fourth-order valence-corrected chi connectivity index (χ4v) is 2.42. The van der Waals surface area contributed by atoms with E-state index in [9.17, 15) is 9.50 Å². The monoisotopic (exact) mass is 298 g/mol. The van der Waals surface area contributed by atoms with Gasteiger partial charge in [-0.3, -0.25) is 4.98 Å². The van der Waals surface area contributed by atoms with Crippen LogP contribution in [-0.2, 0) is 0 Å². The first-order valence-corrected chi connectivity index (χ1v) is 5.85. The van der Waals surface area contributed by atoms with Crippen molar-refractivity contribution in [2.24, 2.45) is 0 Å². The van der Waals surface area contributed by atoms with E-state index in [1.54, 1.807) is 10.9 Å². The molecule has 1 N–H and O–H groups in total. The lowest BCUT2D eigenvalue weighted by molar-refractivity contribution is 0.172. The predicted octanol–water partition coefficient (Wildman–Crippen LogP) is 1.60. The lowest BCUT2D eigenvalue weighted by atomic mass is 10.1. The van der Waals surface area contributed by atoms with Gasteiger partial charge in [0, 0.05) is 12.6 Å². The third kappa shape index (κ3) is 1.75. The number of aliphatic hydroxyl groups is 1. The summed E-state index contributed by atoms with van der Waals surface area (Å²) < 4.78 is 15.1. The summed E-state index contributed by atoms with van der Waals surface area (Å²) in [5.74, 6) is 0.0933. The summed E-state index contributed by atoms with van der Waals surface area (Å²) in [5, 5.41) is 14.0. The number of pyridine rings is 1. The SMILES string of the molecule is OC1CC(c2cncc(F)c2)n2nc(Br)nc21. The Kier molecular flexibility index (Phi) is 2.44. The van der Waals surface area contributed by atoms with E-state index in [0.717, 1.165) is 6.20 Å². The normalized spacial score (nSPS) is 22.8. The molecule has 2 aromatic heterocycles. The van der Waals surface area contributed by atoms with Crippen LogP contribution in [0.15, 0.2) is 23.2 Å². The van der Waals surface area contributed by atoms with Gasteiger partial charge in [-0.05, 0) is 27.6 Å². The molecule has 0 aliphatic carbocycles. The molecule has 2 unspecified atom stereocenters. The van der Waals surface area contributed by atoms with Crippen LogP contribution in [0.2, 0.25) is 0 Å². The Morgan fingerprint density at radius 1 is 1.47 bits per heavy atom. The molecule has 88 valence electrons. The summed E-state index contributed by atoms with van der Waals surface area (Å²) in [7, 11) is 0. The maximum atomic E-state index is 13.1. The fourth-order valence-electron chi connectivity index (χ4n) is 2.07. The van der Waals surface area contributed by atoms with E-state index < -0.39 is 11.9 Å². The summed E-state index contributed by atoms with van der Waals surface area (Å²) in [6.45, 7) is 0. The topological polar surface area (TPSA) is 63.8 Å². The number of hydrogen-bond donors (Lipinski definition) is 1. The zero-order valence-electron chi connectivity index (χ0n) is 8.59. The summed E-state index contributed by atoms with van der Waals surface area (Å²) >= 11 is 3.16. The lowest BCUT2D eigenvalue weighted by Crippen LogP contribution is -2.08. The Hall–Kier alpha value is -1.34. The van der Waals surface area contributed by atoms with Gasteiger partial charge in [0.25, 0.3) is 0 Å². The van der Waals surface area contributed by atoms with Crippen molar-refractivity contribution in [3.8, 4) is 0 Å². The van der Waals surface area contributed by atoms with Crippen molar-refractivity contribution in [3.05, 3.63) is 40.4 Å². The van der Waals surface area contributed by atoms with E-state index in [-0.39, 0.29) is 6.04 Å². The van der Waals surface area contributed by atoms with Crippen molar-refractivity contribution >= 4 is 15.9 Å². The summed E-state index contributed by atoms with van der Waals surface area (Å²) in [6, 6.07) is 1.18. The van der Waals surface area contributed by atoms with Gasteiger partial charge < -0.3 is 5.11 Å². The quantitative estimate of drug-likeness (QED) is 0.869. The van der Waals surface area contributed by atoms with Crippen LogP contribution in [-0.4, -0.2) is 24.9 Å². The van der Waals surface area contributed by atoms with Gasteiger partial charge in [0.1, 0.15) is 11.9 Å². The molecule has 0 radical (unpaired) electrons. The Bertz CT molecular complexity index is 573. The highest BCUT2D eigenvalue weighted by molar-refractivity contribution is 9.10. The first kappa shape index (κ1) is 10.8. The first-order chi connectivity index (χ1) is 8.15. The summed E-state index contributed by atoms with van der Waals surface area (Å²) in [6.07, 6.45) is 2.48. The number of hydrogen-bond acceptors (Lipinski definition) is 4. The molecule has 5 nitrogen and oxygen atoms in total. The van der Waals surface area contributed by atoms with Crippen LogP contribution >= 0.6 is 15.9 Å². The molecule has 0 fully saturated rings. The predicted molar refractivity (Wildman–Crippen MR) is 59.6 cm³/mol. The van der Waals surface area contributed by atoms with Gasteiger partial charge in [0.05, 0.1) is 12.2 Å². The Morgan fingerprint density at radius 3 is 3.06 bits per heavy atom. The maximum absolute atomic E-state index is 13.1. The van der Waals surface area contributed by atoms with Gasteiger partial charge in [-0.1, -0.05) is 0 Å². The van der Waals surface area contributed by atoms with E-state index in [0.29, 0.717) is 22.5 Å². The van der Waals surface area contributed by atoms with Gasteiger partial charge in [-0.2, -0.15) is 0 Å². The largest absolute Gasteiger partial charge is 0.385 e. The van der Waals surface area contributed by atoms with Crippen molar-refractivity contribution < 1.29 is 9.50 Å². The van der Waals surface area contributed by atoms with Crippen LogP contribution in [0.4, 0.5) is 4.39 Å². The second kappa shape index (κ2) is 3.85. The van der Waals surface area contributed by atoms with Crippen molar-refractivity contribution in [3.63, 3.8) is 0 Å². The second-order valence-corrected chi connectivity index (χ2v) is 4.60. The Labute approximate surface area is 104 Å². The molecule has 1 aliphatic rings. The average molecular weight is 299 g/mol. The van der Waals surface area contributed by atoms with Gasteiger partial charge in [0.15, 0.2) is 5.82 Å².